The molecule has 0 bridgehead atoms. The summed E-state index contributed by atoms with van der Waals surface area (Å²) in [6.07, 6.45) is -4.44. The number of hydrogen-bond acceptors (Lipinski definition) is 2. The lowest BCUT2D eigenvalue weighted by Crippen LogP contribution is -2.52. The van der Waals surface area contributed by atoms with Crippen molar-refractivity contribution in [1.29, 1.82) is 0 Å². The van der Waals surface area contributed by atoms with Crippen LogP contribution in [-0.2, 0) is 6.18 Å². The van der Waals surface area contributed by atoms with E-state index in [1.54, 1.807) is 27.5 Å². The zero-order valence-corrected chi connectivity index (χ0v) is 13.0. The molecule has 1 aliphatic rings. The third-order valence-electron chi connectivity index (χ3n) is 3.23. The molecule has 1 aromatic rings. The number of nitrogens with one attached hydrogen (secondary N) is 1. The van der Waals surface area contributed by atoms with Crippen molar-refractivity contribution in [2.45, 2.75) is 19.1 Å². The van der Waals surface area contributed by atoms with Gasteiger partial charge in [0.05, 0.1) is 5.56 Å². The van der Waals surface area contributed by atoms with Crippen LogP contribution in [0.5, 0.6) is 0 Å². The van der Waals surface area contributed by atoms with E-state index in [1.165, 1.54) is 6.07 Å². The molecule has 3 nitrogen and oxygen atoms in total. The summed E-state index contributed by atoms with van der Waals surface area (Å²) in [5, 5.41) is 3.14. The molecule has 0 spiro atoms. The van der Waals surface area contributed by atoms with E-state index in [0.29, 0.717) is 23.2 Å². The van der Waals surface area contributed by atoms with Crippen molar-refractivity contribution in [1.82, 2.24) is 10.2 Å². The summed E-state index contributed by atoms with van der Waals surface area (Å²) < 4.78 is 38.8. The van der Waals surface area contributed by atoms with Crippen molar-refractivity contribution < 1.29 is 18.0 Å². The normalized spacial score (nSPS) is 20.1. The summed E-state index contributed by atoms with van der Waals surface area (Å²) >= 11 is 1.80. The van der Waals surface area contributed by atoms with Crippen LogP contribution in [0.2, 0.25) is 0 Å². The molecule has 0 saturated carbocycles. The average Bonchev–Trinajstić information content (AvgIpc) is 2.37. The fraction of sp³-hybridized carbons (Fsp3) is 0.462. The molecule has 20 heavy (non-hydrogen) atoms. The van der Waals surface area contributed by atoms with Crippen molar-refractivity contribution >= 4 is 28.5 Å². The zero-order valence-electron chi connectivity index (χ0n) is 10.8. The minimum atomic E-state index is -4.44. The van der Waals surface area contributed by atoms with E-state index in [1.807, 2.05) is 6.92 Å². The van der Waals surface area contributed by atoms with Crippen molar-refractivity contribution in [2.24, 2.45) is 0 Å². The molecule has 0 radical (unpaired) electrons. The van der Waals surface area contributed by atoms with Gasteiger partial charge in [0, 0.05) is 34.8 Å². The highest BCUT2D eigenvalue weighted by atomic mass is 127. The second kappa shape index (κ2) is 5.88. The number of hydrogen-bond donors (Lipinski definition) is 1. The molecule has 1 N–H and O–H groups in total. The smallest absolute Gasteiger partial charge is 0.333 e. The quantitative estimate of drug-likeness (QED) is 0.739. The zero-order chi connectivity index (χ0) is 14.9. The topological polar surface area (TPSA) is 32.3 Å². The Morgan fingerprint density at radius 3 is 2.70 bits per heavy atom. The molecule has 1 aliphatic heterocycles. The lowest BCUT2D eigenvalue weighted by atomic mass is 10.1. The highest BCUT2D eigenvalue weighted by Crippen LogP contribution is 2.31. The Kier molecular flexibility index (Phi) is 4.58. The average molecular weight is 398 g/mol. The Balaban J connectivity index is 2.32. The van der Waals surface area contributed by atoms with Crippen LogP contribution in [0.25, 0.3) is 0 Å². The molecule has 1 fully saturated rings. The lowest BCUT2D eigenvalue weighted by molar-refractivity contribution is -0.137. The van der Waals surface area contributed by atoms with Crippen LogP contribution < -0.4 is 5.32 Å². The van der Waals surface area contributed by atoms with Crippen LogP contribution in [-0.4, -0.2) is 36.5 Å². The van der Waals surface area contributed by atoms with Crippen molar-refractivity contribution in [3.05, 3.63) is 32.9 Å². The maximum Gasteiger partial charge on any atom is 0.416 e. The number of rotatable bonds is 1. The summed E-state index contributed by atoms with van der Waals surface area (Å²) in [5.41, 5.74) is -0.687. The molecular weight excluding hydrogens is 384 g/mol. The third kappa shape index (κ3) is 3.43. The SMILES string of the molecule is C[C@@H]1CNCCN1C(=O)c1cc(I)cc(C(F)(F)F)c1. The first kappa shape index (κ1) is 15.6. The molecular formula is C13H14F3IN2O. The van der Waals surface area contributed by atoms with Gasteiger partial charge in [-0.05, 0) is 47.7 Å². The van der Waals surface area contributed by atoms with Gasteiger partial charge < -0.3 is 10.2 Å². The highest BCUT2D eigenvalue weighted by Gasteiger charge is 2.32. The summed E-state index contributed by atoms with van der Waals surface area (Å²) in [6, 6.07) is 3.44. The van der Waals surface area contributed by atoms with Crippen molar-refractivity contribution in [3.8, 4) is 0 Å². The van der Waals surface area contributed by atoms with Gasteiger partial charge in [0.15, 0.2) is 0 Å². The van der Waals surface area contributed by atoms with E-state index in [4.69, 9.17) is 0 Å². The number of benzene rings is 1. The Labute approximate surface area is 128 Å². The van der Waals surface area contributed by atoms with E-state index in [-0.39, 0.29) is 17.5 Å². The van der Waals surface area contributed by atoms with E-state index >= 15 is 0 Å². The van der Waals surface area contributed by atoms with Gasteiger partial charge in [-0.15, -0.1) is 0 Å². The van der Waals surface area contributed by atoms with Crippen LogP contribution in [0.1, 0.15) is 22.8 Å². The maximum absolute atomic E-state index is 12.8. The Morgan fingerprint density at radius 1 is 1.40 bits per heavy atom. The fourth-order valence-corrected chi connectivity index (χ4v) is 2.86. The molecule has 0 aliphatic carbocycles. The van der Waals surface area contributed by atoms with E-state index < -0.39 is 11.7 Å². The van der Waals surface area contributed by atoms with Crippen LogP contribution in [0, 0.1) is 3.57 Å². The largest absolute Gasteiger partial charge is 0.416 e. The van der Waals surface area contributed by atoms with Gasteiger partial charge >= 0.3 is 6.18 Å². The first-order valence-corrected chi connectivity index (χ1v) is 7.26. The van der Waals surface area contributed by atoms with Crippen LogP contribution in [0.4, 0.5) is 13.2 Å². The minimum absolute atomic E-state index is 0.0246. The maximum atomic E-state index is 12.8. The predicted molar refractivity (Wildman–Crippen MR) is 77.5 cm³/mol. The monoisotopic (exact) mass is 398 g/mol. The molecule has 0 aromatic heterocycles. The van der Waals surface area contributed by atoms with Gasteiger partial charge in [-0.25, -0.2) is 0 Å². The van der Waals surface area contributed by atoms with Gasteiger partial charge in [-0.2, -0.15) is 13.2 Å². The van der Waals surface area contributed by atoms with Gasteiger partial charge in [-0.1, -0.05) is 0 Å². The fourth-order valence-electron chi connectivity index (χ4n) is 2.19. The second-order valence-corrected chi connectivity index (χ2v) is 6.02. The number of amides is 1. The summed E-state index contributed by atoms with van der Waals surface area (Å²) in [4.78, 5) is 14.0. The van der Waals surface area contributed by atoms with Crippen molar-refractivity contribution in [3.63, 3.8) is 0 Å². The van der Waals surface area contributed by atoms with Gasteiger partial charge in [0.25, 0.3) is 5.91 Å². The molecule has 1 heterocycles. The minimum Gasteiger partial charge on any atom is -0.333 e. The molecule has 2 rings (SSSR count). The number of piperazine rings is 1. The van der Waals surface area contributed by atoms with E-state index in [9.17, 15) is 18.0 Å². The van der Waals surface area contributed by atoms with Crippen LogP contribution >= 0.6 is 22.6 Å². The number of alkyl halides is 3. The summed E-state index contributed by atoms with van der Waals surface area (Å²) in [7, 11) is 0. The van der Waals surface area contributed by atoms with Crippen molar-refractivity contribution in [2.75, 3.05) is 19.6 Å². The molecule has 1 atom stereocenters. The second-order valence-electron chi connectivity index (χ2n) is 4.78. The number of halogens is 4. The Bertz CT molecular complexity index is 519. The third-order valence-corrected chi connectivity index (χ3v) is 3.86. The Morgan fingerprint density at radius 2 is 2.10 bits per heavy atom. The molecule has 7 heteroatoms. The molecule has 1 saturated heterocycles. The Hall–Kier alpha value is -0.830. The molecule has 0 unspecified atom stereocenters. The van der Waals surface area contributed by atoms with E-state index in [0.717, 1.165) is 12.1 Å². The highest BCUT2D eigenvalue weighted by molar-refractivity contribution is 14.1. The number of nitrogens with zero attached hydrogens (tertiary/aromatic N) is 1. The standard InChI is InChI=1S/C13H14F3IN2O/c1-8-7-18-2-3-19(8)12(20)9-4-10(13(14,15)16)6-11(17)5-9/h4-6,8,18H,2-3,7H2,1H3/t8-/m1/s1. The lowest BCUT2D eigenvalue weighted by Gasteiger charge is -2.34. The predicted octanol–water partition coefficient (Wildman–Crippen LogP) is 2.74. The number of carbonyl (C=O) groups excluding carboxylic acids is 1. The first-order valence-electron chi connectivity index (χ1n) is 6.18. The van der Waals surface area contributed by atoms with Gasteiger partial charge in [0.1, 0.15) is 0 Å². The first-order chi connectivity index (χ1) is 9.29. The van der Waals surface area contributed by atoms with Crippen LogP contribution in [0.3, 0.4) is 0 Å². The summed E-state index contributed by atoms with van der Waals surface area (Å²) in [5.74, 6) is -0.344. The van der Waals surface area contributed by atoms with Gasteiger partial charge in [-0.3, -0.25) is 4.79 Å². The summed E-state index contributed by atoms with van der Waals surface area (Å²) in [6.45, 7) is 3.70. The van der Waals surface area contributed by atoms with Crippen LogP contribution in [0.15, 0.2) is 18.2 Å². The van der Waals surface area contributed by atoms with Gasteiger partial charge in [0.2, 0.25) is 0 Å². The molecule has 1 aromatic carbocycles. The number of carbonyl (C=O) groups is 1. The van der Waals surface area contributed by atoms with E-state index in [2.05, 4.69) is 5.32 Å². The molecule has 1 amide bonds. The molecule has 110 valence electrons.